The van der Waals surface area contributed by atoms with Crippen LogP contribution in [0.25, 0.3) is 0 Å². The summed E-state index contributed by atoms with van der Waals surface area (Å²) in [5.74, 6) is 1.03. The Morgan fingerprint density at radius 3 is 2.52 bits per heavy atom. The molecule has 3 nitrogen and oxygen atoms in total. The lowest BCUT2D eigenvalue weighted by atomic mass is 10.0. The van der Waals surface area contributed by atoms with Gasteiger partial charge in [0.2, 0.25) is 0 Å². The topological polar surface area (TPSA) is 38.3 Å². The number of nitrogens with one attached hydrogen (secondary N) is 1. The van der Waals surface area contributed by atoms with Crippen molar-refractivity contribution in [3.05, 3.63) is 65.2 Å². The Labute approximate surface area is 126 Å². The zero-order valence-electron chi connectivity index (χ0n) is 12.7. The molecule has 0 saturated carbocycles. The molecule has 3 heteroatoms. The van der Waals surface area contributed by atoms with Gasteiger partial charge in [0.1, 0.15) is 5.75 Å². The van der Waals surface area contributed by atoms with Crippen molar-refractivity contribution >= 4 is 5.91 Å². The number of benzene rings is 2. The van der Waals surface area contributed by atoms with Gasteiger partial charge in [0.15, 0.2) is 0 Å². The molecule has 1 amide bonds. The summed E-state index contributed by atoms with van der Waals surface area (Å²) in [5, 5.41) is 2.98. The number of methoxy groups -OCH3 is 1. The van der Waals surface area contributed by atoms with Gasteiger partial charge in [0, 0.05) is 12.1 Å². The molecule has 2 rings (SSSR count). The van der Waals surface area contributed by atoms with Gasteiger partial charge in [-0.25, -0.2) is 0 Å². The van der Waals surface area contributed by atoms with Crippen LogP contribution in [0.1, 0.15) is 34.3 Å². The average molecular weight is 283 g/mol. The molecule has 2 aromatic rings. The zero-order chi connectivity index (χ0) is 15.2. The number of hydrogen-bond donors (Lipinski definition) is 1. The van der Waals surface area contributed by atoms with E-state index in [-0.39, 0.29) is 11.8 Å². The summed E-state index contributed by atoms with van der Waals surface area (Å²) in [6.07, 6.45) is 0. The van der Waals surface area contributed by atoms with Gasteiger partial charge < -0.3 is 10.1 Å². The Kier molecular flexibility index (Phi) is 4.99. The number of carbonyl (C=O) groups is 1. The minimum Gasteiger partial charge on any atom is -0.496 e. The predicted octanol–water partition coefficient (Wildman–Crippen LogP) is 3.54. The molecule has 21 heavy (non-hydrogen) atoms. The van der Waals surface area contributed by atoms with Crippen molar-refractivity contribution in [2.75, 3.05) is 13.7 Å². The third kappa shape index (κ3) is 3.85. The zero-order valence-corrected chi connectivity index (χ0v) is 12.7. The lowest BCUT2D eigenvalue weighted by molar-refractivity contribution is 0.0951. The second-order valence-electron chi connectivity index (χ2n) is 5.21. The fourth-order valence-corrected chi connectivity index (χ4v) is 2.27. The maximum absolute atomic E-state index is 12.2. The quantitative estimate of drug-likeness (QED) is 0.911. The average Bonchev–Trinajstić information content (AvgIpc) is 2.53. The number of hydrogen-bond acceptors (Lipinski definition) is 2. The van der Waals surface area contributed by atoms with E-state index >= 15 is 0 Å². The van der Waals surface area contributed by atoms with E-state index in [4.69, 9.17) is 4.74 Å². The first-order valence-corrected chi connectivity index (χ1v) is 7.09. The molecule has 2 aromatic carbocycles. The highest BCUT2D eigenvalue weighted by atomic mass is 16.5. The molecule has 110 valence electrons. The maximum Gasteiger partial charge on any atom is 0.251 e. The number of aryl methyl sites for hydroxylation is 1. The monoisotopic (exact) mass is 283 g/mol. The van der Waals surface area contributed by atoms with E-state index in [1.54, 1.807) is 13.2 Å². The first-order valence-electron chi connectivity index (χ1n) is 7.09. The molecule has 0 unspecified atom stereocenters. The van der Waals surface area contributed by atoms with Crippen molar-refractivity contribution in [1.82, 2.24) is 5.32 Å². The minimum atomic E-state index is -0.0523. The Morgan fingerprint density at radius 1 is 1.19 bits per heavy atom. The van der Waals surface area contributed by atoms with E-state index in [1.807, 2.05) is 37.3 Å². The molecule has 0 saturated heterocycles. The largest absolute Gasteiger partial charge is 0.496 e. The van der Waals surface area contributed by atoms with E-state index in [2.05, 4.69) is 24.4 Å². The van der Waals surface area contributed by atoms with E-state index < -0.39 is 0 Å². The van der Waals surface area contributed by atoms with Crippen LogP contribution in [0.4, 0.5) is 0 Å². The molecule has 0 aliphatic heterocycles. The lowest BCUT2D eigenvalue weighted by Gasteiger charge is -2.13. The van der Waals surface area contributed by atoms with Crippen LogP contribution in [0.3, 0.4) is 0 Å². The standard InChI is InChI=1S/C18H21NO2/c1-13-11-16(9-10-17(13)21-3)18(20)19-12-14(2)15-7-5-4-6-8-15/h4-11,14H,12H2,1-3H3,(H,19,20)/t14-/m1/s1. The van der Waals surface area contributed by atoms with Crippen molar-refractivity contribution < 1.29 is 9.53 Å². The Hall–Kier alpha value is -2.29. The molecule has 0 aliphatic rings. The van der Waals surface area contributed by atoms with Gasteiger partial charge in [-0.2, -0.15) is 0 Å². The van der Waals surface area contributed by atoms with Gasteiger partial charge >= 0.3 is 0 Å². The van der Waals surface area contributed by atoms with E-state index in [1.165, 1.54) is 5.56 Å². The van der Waals surface area contributed by atoms with E-state index in [9.17, 15) is 4.79 Å². The molecule has 0 radical (unpaired) electrons. The molecule has 0 aromatic heterocycles. The van der Waals surface area contributed by atoms with Crippen LogP contribution in [0.2, 0.25) is 0 Å². The highest BCUT2D eigenvalue weighted by Gasteiger charge is 2.10. The smallest absolute Gasteiger partial charge is 0.251 e. The highest BCUT2D eigenvalue weighted by molar-refractivity contribution is 5.94. The van der Waals surface area contributed by atoms with Gasteiger partial charge in [-0.1, -0.05) is 37.3 Å². The molecule has 0 aliphatic carbocycles. The Bertz CT molecular complexity index is 608. The SMILES string of the molecule is COc1ccc(C(=O)NC[C@@H](C)c2ccccc2)cc1C. The number of ether oxygens (including phenoxy) is 1. The Morgan fingerprint density at radius 2 is 1.90 bits per heavy atom. The summed E-state index contributed by atoms with van der Waals surface area (Å²) < 4.78 is 5.20. The second kappa shape index (κ2) is 6.93. The van der Waals surface area contributed by atoms with Crippen molar-refractivity contribution in [2.45, 2.75) is 19.8 Å². The molecule has 1 N–H and O–H groups in total. The summed E-state index contributed by atoms with van der Waals surface area (Å²) in [6, 6.07) is 15.6. The van der Waals surface area contributed by atoms with Gasteiger partial charge in [0.05, 0.1) is 7.11 Å². The van der Waals surface area contributed by atoms with Crippen LogP contribution >= 0.6 is 0 Å². The lowest BCUT2D eigenvalue weighted by Crippen LogP contribution is -2.27. The minimum absolute atomic E-state index is 0.0523. The van der Waals surface area contributed by atoms with Crippen LogP contribution in [-0.4, -0.2) is 19.6 Å². The van der Waals surface area contributed by atoms with Gasteiger partial charge in [-0.05, 0) is 42.2 Å². The number of amides is 1. The first kappa shape index (κ1) is 15.1. The van der Waals surface area contributed by atoms with Crippen LogP contribution in [0.5, 0.6) is 5.75 Å². The van der Waals surface area contributed by atoms with Gasteiger partial charge in [0.25, 0.3) is 5.91 Å². The summed E-state index contributed by atoms with van der Waals surface area (Å²) in [5.41, 5.74) is 2.85. The first-order chi connectivity index (χ1) is 10.1. The summed E-state index contributed by atoms with van der Waals surface area (Å²) in [7, 11) is 1.63. The van der Waals surface area contributed by atoms with Crippen LogP contribution in [-0.2, 0) is 0 Å². The van der Waals surface area contributed by atoms with E-state index in [0.717, 1.165) is 11.3 Å². The predicted molar refractivity (Wildman–Crippen MR) is 84.9 cm³/mol. The van der Waals surface area contributed by atoms with Crippen molar-refractivity contribution in [3.8, 4) is 5.75 Å². The van der Waals surface area contributed by atoms with Crippen molar-refractivity contribution in [2.24, 2.45) is 0 Å². The fourth-order valence-electron chi connectivity index (χ4n) is 2.27. The molecular weight excluding hydrogens is 262 g/mol. The van der Waals surface area contributed by atoms with Gasteiger partial charge in [-0.3, -0.25) is 4.79 Å². The van der Waals surface area contributed by atoms with Crippen molar-refractivity contribution in [3.63, 3.8) is 0 Å². The maximum atomic E-state index is 12.2. The third-order valence-electron chi connectivity index (χ3n) is 3.59. The van der Waals surface area contributed by atoms with Crippen LogP contribution < -0.4 is 10.1 Å². The van der Waals surface area contributed by atoms with Crippen LogP contribution in [0, 0.1) is 6.92 Å². The van der Waals surface area contributed by atoms with E-state index in [0.29, 0.717) is 12.1 Å². The second-order valence-corrected chi connectivity index (χ2v) is 5.21. The normalized spacial score (nSPS) is 11.8. The highest BCUT2D eigenvalue weighted by Crippen LogP contribution is 2.19. The van der Waals surface area contributed by atoms with Gasteiger partial charge in [-0.15, -0.1) is 0 Å². The molecule has 0 heterocycles. The Balaban J connectivity index is 1.97. The number of rotatable bonds is 5. The van der Waals surface area contributed by atoms with Crippen LogP contribution in [0.15, 0.2) is 48.5 Å². The third-order valence-corrected chi connectivity index (χ3v) is 3.59. The number of carbonyl (C=O) groups excluding carboxylic acids is 1. The molecule has 0 spiro atoms. The fraction of sp³-hybridized carbons (Fsp3) is 0.278. The molecule has 1 atom stereocenters. The summed E-state index contributed by atoms with van der Waals surface area (Å²) in [4.78, 5) is 12.2. The summed E-state index contributed by atoms with van der Waals surface area (Å²) in [6.45, 7) is 4.66. The molecule has 0 bridgehead atoms. The summed E-state index contributed by atoms with van der Waals surface area (Å²) >= 11 is 0. The molecule has 0 fully saturated rings. The molecular formula is C18H21NO2. The van der Waals surface area contributed by atoms with Crippen molar-refractivity contribution in [1.29, 1.82) is 0 Å².